The number of carboxylic acid groups (broad SMARTS) is 1. The molecule has 1 aromatic heterocycles. The van der Waals surface area contributed by atoms with Gasteiger partial charge in [0.05, 0.1) is 5.56 Å². The van der Waals surface area contributed by atoms with Crippen LogP contribution < -0.4 is 4.74 Å². The van der Waals surface area contributed by atoms with Crippen molar-refractivity contribution in [1.82, 2.24) is 4.98 Å². The molecule has 0 amide bonds. The molecular weight excluding hydrogens is 401 g/mol. The second kappa shape index (κ2) is 7.54. The number of benzene rings is 3. The van der Waals surface area contributed by atoms with E-state index in [1.165, 1.54) is 0 Å². The van der Waals surface area contributed by atoms with Crippen molar-refractivity contribution in [3.8, 4) is 17.2 Å². The van der Waals surface area contributed by atoms with Gasteiger partial charge in [-0.05, 0) is 42.5 Å². The fourth-order valence-corrected chi connectivity index (χ4v) is 3.19. The van der Waals surface area contributed by atoms with Crippen LogP contribution in [0.25, 0.3) is 22.6 Å². The van der Waals surface area contributed by atoms with Gasteiger partial charge in [-0.25, -0.2) is 9.78 Å². The summed E-state index contributed by atoms with van der Waals surface area (Å²) in [5.74, 6) is -0.585. The molecule has 1 atom stereocenters. The van der Waals surface area contributed by atoms with Crippen LogP contribution in [0.1, 0.15) is 11.7 Å². The molecule has 1 heterocycles. The third-order valence-electron chi connectivity index (χ3n) is 4.09. The molecule has 28 heavy (non-hydrogen) atoms. The van der Waals surface area contributed by atoms with Gasteiger partial charge in [0.1, 0.15) is 11.3 Å². The summed E-state index contributed by atoms with van der Waals surface area (Å²) in [5.41, 5.74) is 2.15. The number of hydrogen-bond acceptors (Lipinski definition) is 4. The van der Waals surface area contributed by atoms with E-state index in [2.05, 4.69) is 4.98 Å². The zero-order valence-electron chi connectivity index (χ0n) is 14.3. The summed E-state index contributed by atoms with van der Waals surface area (Å²) in [6, 6.07) is 18.6. The molecule has 1 N–H and O–H groups in total. The normalized spacial score (nSPS) is 12.1. The SMILES string of the molecule is O=C(O)C(Oc1ccc(Cl)cc1-c1nc2ccccc2o1)c1cccc(Cl)c1. The first-order valence-corrected chi connectivity index (χ1v) is 9.07. The highest BCUT2D eigenvalue weighted by Gasteiger charge is 2.25. The van der Waals surface area contributed by atoms with Gasteiger partial charge in [0.25, 0.3) is 0 Å². The van der Waals surface area contributed by atoms with Gasteiger partial charge in [-0.1, -0.05) is 47.5 Å². The lowest BCUT2D eigenvalue weighted by Crippen LogP contribution is -2.18. The van der Waals surface area contributed by atoms with E-state index < -0.39 is 12.1 Å². The Morgan fingerprint density at radius 3 is 2.54 bits per heavy atom. The number of ether oxygens (including phenoxy) is 1. The molecule has 1 unspecified atom stereocenters. The summed E-state index contributed by atoms with van der Waals surface area (Å²) in [7, 11) is 0. The lowest BCUT2D eigenvalue weighted by atomic mass is 10.1. The molecule has 0 bridgehead atoms. The predicted molar refractivity (Wildman–Crippen MR) is 107 cm³/mol. The molecule has 7 heteroatoms. The van der Waals surface area contributed by atoms with Crippen LogP contribution in [0.2, 0.25) is 10.0 Å². The van der Waals surface area contributed by atoms with Gasteiger partial charge in [-0.2, -0.15) is 0 Å². The van der Waals surface area contributed by atoms with Gasteiger partial charge >= 0.3 is 5.97 Å². The van der Waals surface area contributed by atoms with Gasteiger partial charge in [-0.15, -0.1) is 0 Å². The molecular formula is C21H13Cl2NO4. The third-order valence-corrected chi connectivity index (χ3v) is 4.56. The Hall–Kier alpha value is -3.02. The minimum atomic E-state index is -1.26. The van der Waals surface area contributed by atoms with Crippen LogP contribution in [-0.2, 0) is 4.79 Å². The maximum absolute atomic E-state index is 11.8. The van der Waals surface area contributed by atoms with Crippen molar-refractivity contribution < 1.29 is 19.1 Å². The molecule has 0 spiro atoms. The topological polar surface area (TPSA) is 72.6 Å². The lowest BCUT2D eigenvalue weighted by molar-refractivity contribution is -0.145. The van der Waals surface area contributed by atoms with E-state index in [1.54, 1.807) is 48.5 Å². The number of hydrogen-bond donors (Lipinski definition) is 1. The van der Waals surface area contributed by atoms with Gasteiger partial charge < -0.3 is 14.3 Å². The number of rotatable bonds is 5. The molecule has 3 aromatic carbocycles. The second-order valence-corrected chi connectivity index (χ2v) is 6.89. The smallest absolute Gasteiger partial charge is 0.349 e. The number of carbonyl (C=O) groups is 1. The Morgan fingerprint density at radius 1 is 1.00 bits per heavy atom. The number of oxazole rings is 1. The molecule has 0 saturated carbocycles. The zero-order valence-corrected chi connectivity index (χ0v) is 15.8. The summed E-state index contributed by atoms with van der Waals surface area (Å²) in [4.78, 5) is 16.3. The summed E-state index contributed by atoms with van der Waals surface area (Å²) >= 11 is 12.1. The van der Waals surface area contributed by atoms with E-state index in [4.69, 9.17) is 32.4 Å². The van der Waals surface area contributed by atoms with Crippen LogP contribution in [0.3, 0.4) is 0 Å². The summed E-state index contributed by atoms with van der Waals surface area (Å²) in [5, 5.41) is 10.5. The van der Waals surface area contributed by atoms with E-state index in [0.717, 1.165) is 0 Å². The minimum absolute atomic E-state index is 0.281. The largest absolute Gasteiger partial charge is 0.478 e. The van der Waals surface area contributed by atoms with Crippen molar-refractivity contribution >= 4 is 40.3 Å². The Kier molecular flexibility index (Phi) is 4.94. The Balaban J connectivity index is 1.78. The van der Waals surface area contributed by atoms with Gasteiger partial charge in [-0.3, -0.25) is 0 Å². The van der Waals surface area contributed by atoms with Crippen LogP contribution in [0.15, 0.2) is 71.1 Å². The summed E-state index contributed by atoms with van der Waals surface area (Å²) < 4.78 is 11.6. The second-order valence-electron chi connectivity index (χ2n) is 6.02. The van der Waals surface area contributed by atoms with E-state index in [-0.39, 0.29) is 11.6 Å². The summed E-state index contributed by atoms with van der Waals surface area (Å²) in [6.45, 7) is 0. The first kappa shape index (κ1) is 18.3. The number of aliphatic carboxylic acids is 1. The molecule has 0 aliphatic heterocycles. The van der Waals surface area contributed by atoms with Crippen molar-refractivity contribution in [2.24, 2.45) is 0 Å². The molecule has 0 saturated heterocycles. The van der Waals surface area contributed by atoms with Gasteiger partial charge in [0.2, 0.25) is 12.0 Å². The van der Waals surface area contributed by atoms with Crippen LogP contribution in [0, 0.1) is 0 Å². The fraction of sp³-hybridized carbons (Fsp3) is 0.0476. The average Bonchev–Trinajstić information content (AvgIpc) is 3.10. The highest BCUT2D eigenvalue weighted by molar-refractivity contribution is 6.31. The van der Waals surface area contributed by atoms with E-state index in [1.807, 2.05) is 18.2 Å². The first-order valence-electron chi connectivity index (χ1n) is 8.32. The molecule has 5 nitrogen and oxygen atoms in total. The van der Waals surface area contributed by atoms with Crippen molar-refractivity contribution in [1.29, 1.82) is 0 Å². The maximum Gasteiger partial charge on any atom is 0.349 e. The Morgan fingerprint density at radius 2 is 1.79 bits per heavy atom. The quantitative estimate of drug-likeness (QED) is 0.433. The first-order chi connectivity index (χ1) is 13.5. The molecule has 0 radical (unpaired) electrons. The zero-order chi connectivity index (χ0) is 19.7. The molecule has 4 rings (SSSR count). The Bertz CT molecular complexity index is 1140. The summed E-state index contributed by atoms with van der Waals surface area (Å²) in [6.07, 6.45) is -1.26. The van der Waals surface area contributed by atoms with Crippen molar-refractivity contribution in [2.45, 2.75) is 6.10 Å². The molecule has 0 aliphatic carbocycles. The lowest BCUT2D eigenvalue weighted by Gasteiger charge is -2.17. The molecule has 140 valence electrons. The minimum Gasteiger partial charge on any atom is -0.478 e. The van der Waals surface area contributed by atoms with Crippen LogP contribution in [0.4, 0.5) is 0 Å². The molecule has 0 aliphatic rings. The van der Waals surface area contributed by atoms with Crippen molar-refractivity contribution in [3.63, 3.8) is 0 Å². The standard InChI is InChI=1S/C21H13Cl2NO4/c22-13-5-3-4-12(10-13)19(21(25)26)27-17-9-8-14(23)11-15(17)20-24-16-6-1-2-7-18(16)28-20/h1-11,19H,(H,25,26). The number of nitrogens with zero attached hydrogens (tertiary/aromatic N) is 1. The number of aromatic nitrogens is 1. The number of halogens is 2. The van der Waals surface area contributed by atoms with Gasteiger partial charge in [0.15, 0.2) is 5.58 Å². The average molecular weight is 414 g/mol. The fourth-order valence-electron chi connectivity index (χ4n) is 2.82. The van der Waals surface area contributed by atoms with Gasteiger partial charge in [0, 0.05) is 15.6 Å². The molecule has 4 aromatic rings. The van der Waals surface area contributed by atoms with E-state index in [9.17, 15) is 9.90 Å². The number of carboxylic acids is 1. The third kappa shape index (κ3) is 3.67. The highest BCUT2D eigenvalue weighted by Crippen LogP contribution is 2.36. The maximum atomic E-state index is 11.8. The van der Waals surface area contributed by atoms with Crippen LogP contribution in [-0.4, -0.2) is 16.1 Å². The Labute approximate surface area is 170 Å². The predicted octanol–water partition coefficient (Wildman–Crippen LogP) is 6.01. The monoisotopic (exact) mass is 413 g/mol. The van der Waals surface area contributed by atoms with Crippen molar-refractivity contribution in [3.05, 3.63) is 82.3 Å². The highest BCUT2D eigenvalue weighted by atomic mass is 35.5. The molecule has 0 fully saturated rings. The number of fused-ring (bicyclic) bond motifs is 1. The number of para-hydroxylation sites is 2. The van der Waals surface area contributed by atoms with E-state index >= 15 is 0 Å². The van der Waals surface area contributed by atoms with E-state index in [0.29, 0.717) is 32.3 Å². The van der Waals surface area contributed by atoms with Crippen molar-refractivity contribution in [2.75, 3.05) is 0 Å². The van der Waals surface area contributed by atoms with Crippen LogP contribution >= 0.6 is 23.2 Å². The van der Waals surface area contributed by atoms with Crippen LogP contribution in [0.5, 0.6) is 5.75 Å².